The van der Waals surface area contributed by atoms with E-state index in [1.54, 1.807) is 0 Å². The van der Waals surface area contributed by atoms with Gasteiger partial charge >= 0.3 is 0 Å². The number of aromatic nitrogens is 4. The molecule has 176 valence electrons. The fourth-order valence-corrected chi connectivity index (χ4v) is 5.30. The Balaban J connectivity index is 1.26. The van der Waals surface area contributed by atoms with Crippen molar-refractivity contribution in [2.75, 3.05) is 5.75 Å². The molecule has 2 heterocycles. The molecule has 0 amide bonds. The van der Waals surface area contributed by atoms with Crippen molar-refractivity contribution in [2.45, 2.75) is 17.8 Å². The summed E-state index contributed by atoms with van der Waals surface area (Å²) in [5, 5.41) is 22.9. The first kappa shape index (κ1) is 22.5. The van der Waals surface area contributed by atoms with E-state index in [0.29, 0.717) is 17.5 Å². The maximum Gasteiger partial charge on any atom is 0.209 e. The summed E-state index contributed by atoms with van der Waals surface area (Å²) < 4.78 is 2.20. The number of benzene rings is 4. The van der Waals surface area contributed by atoms with E-state index in [1.165, 1.54) is 22.5 Å². The van der Waals surface area contributed by atoms with Gasteiger partial charge in [-0.1, -0.05) is 109 Å². The monoisotopic (exact) mass is 488 g/mol. The van der Waals surface area contributed by atoms with E-state index in [9.17, 15) is 5.11 Å². The van der Waals surface area contributed by atoms with Gasteiger partial charge in [0.05, 0.1) is 12.6 Å². The molecule has 1 unspecified atom stereocenters. The molecule has 1 atom stereocenters. The molecule has 6 heteroatoms. The third-order valence-electron chi connectivity index (χ3n) is 6.24. The Hall–Kier alpha value is -4.00. The third-order valence-corrected chi connectivity index (χ3v) is 7.22. The van der Waals surface area contributed by atoms with Gasteiger partial charge in [-0.05, 0) is 12.1 Å². The summed E-state index contributed by atoms with van der Waals surface area (Å²) in [5.41, 5.74) is 5.74. The average molecular weight is 489 g/mol. The van der Waals surface area contributed by atoms with Crippen molar-refractivity contribution in [3.63, 3.8) is 0 Å². The molecule has 5 nitrogen and oxygen atoms in total. The van der Waals surface area contributed by atoms with Crippen LogP contribution in [0.2, 0.25) is 0 Å². The Labute approximate surface area is 213 Å². The zero-order valence-electron chi connectivity index (χ0n) is 19.5. The number of para-hydroxylation sites is 2. The molecule has 4 aromatic carbocycles. The fourth-order valence-electron chi connectivity index (χ4n) is 4.59. The quantitative estimate of drug-likeness (QED) is 0.261. The van der Waals surface area contributed by atoms with Crippen LogP contribution >= 0.6 is 11.8 Å². The Morgan fingerprint density at radius 3 is 1.78 bits per heavy atom. The summed E-state index contributed by atoms with van der Waals surface area (Å²) in [6.07, 6.45) is -0.577. The van der Waals surface area contributed by atoms with Gasteiger partial charge in [0.15, 0.2) is 0 Å². The number of fused-ring (bicyclic) bond motifs is 3. The Bertz CT molecular complexity index is 1580. The summed E-state index contributed by atoms with van der Waals surface area (Å²) >= 11 is 1.43. The predicted octanol–water partition coefficient (Wildman–Crippen LogP) is 6.47. The van der Waals surface area contributed by atoms with E-state index >= 15 is 0 Å². The summed E-state index contributed by atoms with van der Waals surface area (Å²) in [6, 6.07) is 36.7. The lowest BCUT2D eigenvalue weighted by Gasteiger charge is -2.14. The van der Waals surface area contributed by atoms with Crippen molar-refractivity contribution in [3.05, 3.63) is 109 Å². The maximum atomic E-state index is 11.0. The number of thioether (sulfide) groups is 1. The molecular formula is C30H24N4OS. The van der Waals surface area contributed by atoms with E-state index in [2.05, 4.69) is 51.2 Å². The van der Waals surface area contributed by atoms with Crippen LogP contribution in [0.15, 0.2) is 114 Å². The molecule has 6 rings (SSSR count). The highest BCUT2D eigenvalue weighted by atomic mass is 32.2. The largest absolute Gasteiger partial charge is 0.390 e. The molecule has 36 heavy (non-hydrogen) atoms. The number of nitrogens with zero attached hydrogens (tertiary/aromatic N) is 4. The molecule has 0 spiro atoms. The van der Waals surface area contributed by atoms with E-state index in [-0.39, 0.29) is 0 Å². The van der Waals surface area contributed by atoms with Crippen molar-refractivity contribution in [3.8, 4) is 22.5 Å². The smallest absolute Gasteiger partial charge is 0.209 e. The number of aliphatic hydroxyl groups is 1. The van der Waals surface area contributed by atoms with Crippen LogP contribution in [0.4, 0.5) is 0 Å². The zero-order valence-corrected chi connectivity index (χ0v) is 20.3. The van der Waals surface area contributed by atoms with Gasteiger partial charge in [0.2, 0.25) is 5.16 Å². The van der Waals surface area contributed by atoms with Crippen LogP contribution in [0.3, 0.4) is 0 Å². The molecule has 0 fully saturated rings. The van der Waals surface area contributed by atoms with Crippen LogP contribution in [0, 0.1) is 0 Å². The summed E-state index contributed by atoms with van der Waals surface area (Å²) in [6.45, 7) is 0.488. The van der Waals surface area contributed by atoms with Gasteiger partial charge in [0.25, 0.3) is 0 Å². The third kappa shape index (κ3) is 4.37. The van der Waals surface area contributed by atoms with Gasteiger partial charge < -0.3 is 9.67 Å². The number of rotatable bonds is 7. The topological polar surface area (TPSA) is 63.8 Å². The lowest BCUT2D eigenvalue weighted by molar-refractivity contribution is 0.181. The van der Waals surface area contributed by atoms with Gasteiger partial charge in [0, 0.05) is 38.7 Å². The predicted molar refractivity (Wildman–Crippen MR) is 147 cm³/mol. The van der Waals surface area contributed by atoms with Crippen molar-refractivity contribution >= 4 is 33.6 Å². The van der Waals surface area contributed by atoms with Crippen molar-refractivity contribution in [2.24, 2.45) is 0 Å². The normalized spacial score (nSPS) is 12.2. The first-order chi connectivity index (χ1) is 17.8. The van der Waals surface area contributed by atoms with E-state index in [0.717, 1.165) is 33.5 Å². The molecule has 1 N–H and O–H groups in total. The summed E-state index contributed by atoms with van der Waals surface area (Å²) in [5.74, 6) is 0.460. The molecule has 0 radical (unpaired) electrons. The van der Waals surface area contributed by atoms with Gasteiger partial charge in [-0.3, -0.25) is 0 Å². The van der Waals surface area contributed by atoms with E-state index < -0.39 is 6.10 Å². The van der Waals surface area contributed by atoms with E-state index in [1.807, 2.05) is 72.8 Å². The number of aliphatic hydroxyl groups excluding tert-OH is 1. The second-order valence-corrected chi connectivity index (χ2v) is 9.62. The highest BCUT2D eigenvalue weighted by Crippen LogP contribution is 2.31. The minimum absolute atomic E-state index is 0.460. The molecule has 6 aromatic rings. The molecule has 0 bridgehead atoms. The van der Waals surface area contributed by atoms with Crippen molar-refractivity contribution in [1.82, 2.24) is 19.7 Å². The Morgan fingerprint density at radius 1 is 0.639 bits per heavy atom. The van der Waals surface area contributed by atoms with Crippen LogP contribution in [0.1, 0.15) is 0 Å². The van der Waals surface area contributed by atoms with Crippen LogP contribution in [0.25, 0.3) is 44.3 Å². The Morgan fingerprint density at radius 2 is 1.17 bits per heavy atom. The second kappa shape index (κ2) is 9.93. The first-order valence-corrected chi connectivity index (χ1v) is 12.9. The van der Waals surface area contributed by atoms with Gasteiger partial charge in [-0.15, -0.1) is 10.2 Å². The molecule has 0 aliphatic heterocycles. The standard InChI is InChI=1S/C30H24N4OS/c35-23(19-34-26-17-9-7-15-24(26)25-16-8-10-18-27(25)34)20-36-30-31-28(21-11-3-1-4-12-21)29(32-33-30)22-13-5-2-6-14-22/h1-18,23,35H,19-20H2. The number of hydrogen-bond acceptors (Lipinski definition) is 5. The van der Waals surface area contributed by atoms with E-state index in [4.69, 9.17) is 4.98 Å². The fraction of sp³-hybridized carbons (Fsp3) is 0.100. The lowest BCUT2D eigenvalue weighted by Crippen LogP contribution is -2.18. The van der Waals surface area contributed by atoms with Crippen LogP contribution in [-0.4, -0.2) is 36.7 Å². The highest BCUT2D eigenvalue weighted by Gasteiger charge is 2.17. The molecule has 0 saturated heterocycles. The Kier molecular flexibility index (Phi) is 6.20. The maximum absolute atomic E-state index is 11.0. The van der Waals surface area contributed by atoms with Crippen LogP contribution in [0.5, 0.6) is 0 Å². The molecule has 2 aromatic heterocycles. The second-order valence-electron chi connectivity index (χ2n) is 8.63. The van der Waals surface area contributed by atoms with Gasteiger partial charge in [-0.25, -0.2) is 4.98 Å². The van der Waals surface area contributed by atoms with Crippen molar-refractivity contribution < 1.29 is 5.11 Å². The average Bonchev–Trinajstić information content (AvgIpc) is 3.26. The van der Waals surface area contributed by atoms with Gasteiger partial charge in [-0.2, -0.15) is 0 Å². The highest BCUT2D eigenvalue weighted by molar-refractivity contribution is 7.99. The minimum atomic E-state index is -0.577. The minimum Gasteiger partial charge on any atom is -0.390 e. The molecule has 0 aliphatic rings. The molecule has 0 saturated carbocycles. The SMILES string of the molecule is OC(CSc1nnc(-c2ccccc2)c(-c2ccccc2)n1)Cn1c2ccccc2c2ccccc21. The zero-order chi connectivity index (χ0) is 24.3. The summed E-state index contributed by atoms with van der Waals surface area (Å²) in [7, 11) is 0. The number of hydrogen-bond donors (Lipinski definition) is 1. The molecular weight excluding hydrogens is 464 g/mol. The summed E-state index contributed by atoms with van der Waals surface area (Å²) in [4.78, 5) is 4.86. The first-order valence-electron chi connectivity index (χ1n) is 11.9. The molecule has 0 aliphatic carbocycles. The van der Waals surface area contributed by atoms with Crippen LogP contribution in [-0.2, 0) is 6.54 Å². The van der Waals surface area contributed by atoms with Gasteiger partial charge in [0.1, 0.15) is 11.4 Å². The van der Waals surface area contributed by atoms with Crippen LogP contribution < -0.4 is 0 Å². The van der Waals surface area contributed by atoms with Crippen molar-refractivity contribution in [1.29, 1.82) is 0 Å². The lowest BCUT2D eigenvalue weighted by atomic mass is 10.0.